The van der Waals surface area contributed by atoms with Gasteiger partial charge in [-0.25, -0.2) is 14.2 Å². The molecule has 29 nitrogen and oxygen atoms in total. The molecule has 4 aliphatic rings. The summed E-state index contributed by atoms with van der Waals surface area (Å²) in [6.45, 7) is 18.6. The molecule has 0 aromatic rings. The molecule has 0 aromatic carbocycles. The first kappa shape index (κ1) is 82.6. The first-order chi connectivity index (χ1) is 39.1. The molecular weight excluding hydrogens is 1590 g/mol. The number of primary amides is 3. The zero-order chi connectivity index (χ0) is 63.2. The van der Waals surface area contributed by atoms with Gasteiger partial charge in [-0.3, -0.25) is 23.9 Å². The van der Waals surface area contributed by atoms with Crippen molar-refractivity contribution in [2.75, 3.05) is 19.8 Å². The maximum Gasteiger partial charge on any atom is 0.474 e. The van der Waals surface area contributed by atoms with Crippen LogP contribution in [0.2, 0.25) is 0 Å². The van der Waals surface area contributed by atoms with Crippen LogP contribution in [0.15, 0.2) is 0 Å². The topological polar surface area (TPSA) is 467 Å². The molecule has 0 spiro atoms. The van der Waals surface area contributed by atoms with E-state index in [1.54, 1.807) is 0 Å². The zero-order valence-corrected chi connectivity index (χ0v) is 61.8. The van der Waals surface area contributed by atoms with Crippen molar-refractivity contribution in [3.63, 3.8) is 0 Å². The van der Waals surface area contributed by atoms with Crippen molar-refractivity contribution in [3.05, 3.63) is 11.5 Å². The van der Waals surface area contributed by atoms with Crippen molar-refractivity contribution < 1.29 is 204 Å². The van der Waals surface area contributed by atoms with Gasteiger partial charge >= 0.3 is 13.9 Å². The Balaban J connectivity index is 0.0000126. The van der Waals surface area contributed by atoms with Crippen LogP contribution >= 0.6 is 7.82 Å². The van der Waals surface area contributed by atoms with Crippen LogP contribution in [0, 0.1) is 117 Å². The molecule has 4 heterocycles. The monoisotopic (exact) mass is 1690 g/mol. The van der Waals surface area contributed by atoms with E-state index in [0.717, 1.165) is 44.4 Å². The molecule has 0 aliphatic carbocycles. The van der Waals surface area contributed by atoms with E-state index in [1.165, 1.54) is 58.8 Å². The van der Waals surface area contributed by atoms with E-state index >= 15 is 0 Å². The number of nitrogens with one attached hydrogen (secondary N) is 2. The fourth-order valence-electron chi connectivity index (χ4n) is 10.9. The number of aliphatic hydroxyl groups excluding tert-OH is 5. The molecule has 4 saturated heterocycles. The summed E-state index contributed by atoms with van der Waals surface area (Å²) in [6.07, 6.45) is -20.4. The van der Waals surface area contributed by atoms with Gasteiger partial charge in [0.05, 0.1) is 31.0 Å². The second kappa shape index (κ2) is 38.1. The van der Waals surface area contributed by atoms with Gasteiger partial charge in [-0.15, -0.1) is 0 Å². The number of phosphoric ester groups is 1. The summed E-state index contributed by atoms with van der Waals surface area (Å²) in [5.74, 6) is -0.115. The number of unbranched alkanes of at least 4 members (excludes halogenated alkanes) is 1. The van der Waals surface area contributed by atoms with E-state index in [9.17, 15) is 59.7 Å². The second-order valence-corrected chi connectivity index (χ2v) is 26.4. The molecule has 4 fully saturated rings. The number of nitrogens with two attached hydrogens (primary N) is 3. The van der Waals surface area contributed by atoms with Gasteiger partial charge in [0.2, 0.25) is 11.8 Å². The van der Waals surface area contributed by atoms with Crippen LogP contribution in [0.3, 0.4) is 0 Å². The minimum absolute atomic E-state index is 0. The molecule has 0 aromatic heterocycles. The maximum absolute atomic E-state index is 13.7. The van der Waals surface area contributed by atoms with Gasteiger partial charge in [0, 0.05) is 94.7 Å². The molecule has 25 atom stereocenters. The maximum atomic E-state index is 13.7. The van der Waals surface area contributed by atoms with Crippen LogP contribution in [0.25, 0.3) is 11.5 Å². The standard InChI is InChI=1S/C54H100N5O24P.2Ac/c1-26(2)14-13-16-27(3)17-18-29(5)19-22-53(8,9)21-12-11-15-28(4)20-23-72-32(24-73-69)25-74-84(70,71)83-51-43(44(82-52(59)67)54(10,68)45(81-51)47(58)66)80-49-34(56)35(60)40(30(6)76-49)77-48-33(55)36(61)41(31(7)75-48)78-50-39(64)37(62)38(63)42(79-50)46(57)65;;/h26-45,48-51,55-56,60-64,68-69H,11-25H2,1-10H3,(H2,57,65)(H2,58,66)(H2,59,67)(H,70,71);;/q-2;;. The zero-order valence-electron chi connectivity index (χ0n) is 51.4. The van der Waals surface area contributed by atoms with Gasteiger partial charge in [0.15, 0.2) is 37.0 Å². The summed E-state index contributed by atoms with van der Waals surface area (Å²) in [6, 6.07) is -3.69. The Morgan fingerprint density at radius 2 is 1.16 bits per heavy atom. The number of hydrogen-bond acceptors (Lipinski definition) is 23. The molecule has 2 radical (unpaired) electrons. The average molecular weight is 1690 g/mol. The summed E-state index contributed by atoms with van der Waals surface area (Å²) in [5.41, 5.74) is 31.4. The number of carbonyl (C=O) groups is 3. The third kappa shape index (κ3) is 25.0. The van der Waals surface area contributed by atoms with E-state index in [-0.39, 0.29) is 106 Å². The SMILES string of the molecule is CC(C)CCCC(C)CCC(C)CCC(C)(C)CCCCC(C)CCOC(COO)COP(=O)(O)OC1OC(C(N)=O)C(C)(O)C(OC(N)=O)C1OC1OC(C)C(OC2OC(C)C(OC3OC(C(N)=O)C(O)C(O)C3O)C(O)C2[NH-])C(O)C1[NH-].[Ac].[Ac]. The fraction of sp³-hybridized carbons (Fsp3) is 0.944. The Morgan fingerprint density at radius 1 is 0.640 bits per heavy atom. The predicted molar refractivity (Wildman–Crippen MR) is 297 cm³/mol. The minimum Gasteiger partial charge on any atom is -0.668 e. The quantitative estimate of drug-likeness (QED) is 0.0188. The van der Waals surface area contributed by atoms with Crippen molar-refractivity contribution in [1.29, 1.82) is 0 Å². The Labute approximate surface area is 577 Å². The van der Waals surface area contributed by atoms with Crippen LogP contribution in [0.1, 0.15) is 146 Å². The fourth-order valence-corrected chi connectivity index (χ4v) is 11.8. The second-order valence-electron chi connectivity index (χ2n) is 25.0. The smallest absolute Gasteiger partial charge is 0.474 e. The van der Waals surface area contributed by atoms with Crippen molar-refractivity contribution >= 4 is 25.7 Å². The van der Waals surface area contributed by atoms with Crippen LogP contribution in [-0.4, -0.2) is 207 Å². The molecule has 498 valence electrons. The number of aliphatic hydroxyl groups is 6. The molecule has 32 heteroatoms. The average Bonchev–Trinajstić information content (AvgIpc) is 0.794. The Kier molecular flexibility index (Phi) is 36.6. The number of phosphoric acid groups is 1. The van der Waals surface area contributed by atoms with Crippen LogP contribution in [0.5, 0.6) is 0 Å². The van der Waals surface area contributed by atoms with Crippen molar-refractivity contribution in [3.8, 4) is 0 Å². The number of amides is 3. The van der Waals surface area contributed by atoms with Gasteiger partial charge < -0.3 is 107 Å². The van der Waals surface area contributed by atoms with Crippen molar-refractivity contribution in [2.24, 2.45) is 46.3 Å². The van der Waals surface area contributed by atoms with Crippen molar-refractivity contribution in [2.45, 2.75) is 275 Å². The Hall–Kier alpha value is 0.483. The van der Waals surface area contributed by atoms with E-state index in [0.29, 0.717) is 12.3 Å². The van der Waals surface area contributed by atoms with E-state index in [4.69, 9.17) is 80.3 Å². The number of ether oxygens (including phenoxy) is 9. The van der Waals surface area contributed by atoms with Gasteiger partial charge in [0.1, 0.15) is 61.4 Å². The Bertz CT molecular complexity index is 2070. The number of hydrogen-bond donors (Lipinski definition) is 11. The molecule has 86 heavy (non-hydrogen) atoms. The third-order valence-electron chi connectivity index (χ3n) is 16.4. The van der Waals surface area contributed by atoms with Gasteiger partial charge in [-0.1, -0.05) is 118 Å². The molecule has 25 unspecified atom stereocenters. The molecule has 0 saturated carbocycles. The molecule has 3 amide bonds. The van der Waals surface area contributed by atoms with Gasteiger partial charge in [-0.2, -0.15) is 0 Å². The normalized spacial score (nSPS) is 36.4. The van der Waals surface area contributed by atoms with Crippen molar-refractivity contribution in [1.82, 2.24) is 0 Å². The summed E-state index contributed by atoms with van der Waals surface area (Å²) >= 11 is 0. The van der Waals surface area contributed by atoms with Crippen LogP contribution < -0.4 is 17.2 Å². The van der Waals surface area contributed by atoms with E-state index in [2.05, 4.69) is 53.4 Å². The first-order valence-electron chi connectivity index (χ1n) is 29.3. The number of carbonyl (C=O) groups excluding carboxylic acids is 3. The van der Waals surface area contributed by atoms with Crippen LogP contribution in [0.4, 0.5) is 4.79 Å². The Morgan fingerprint density at radius 3 is 1.69 bits per heavy atom. The molecule has 4 aliphatic heterocycles. The molecule has 16 N–H and O–H groups in total. The summed E-state index contributed by atoms with van der Waals surface area (Å²) < 4.78 is 75.5. The summed E-state index contributed by atoms with van der Waals surface area (Å²) in [7, 11) is -5.42. The first-order valence-corrected chi connectivity index (χ1v) is 30.8. The molecular formula is C54H100Ac2N5O24P-2. The van der Waals surface area contributed by atoms with Gasteiger partial charge in [-0.05, 0) is 69.1 Å². The largest absolute Gasteiger partial charge is 0.668 e. The van der Waals surface area contributed by atoms with Crippen LogP contribution in [-0.2, 0) is 70.7 Å². The summed E-state index contributed by atoms with van der Waals surface area (Å²) in [5, 5.41) is 74.6. The predicted octanol–water partition coefficient (Wildman–Crippen LogP) is 3.19. The van der Waals surface area contributed by atoms with Gasteiger partial charge in [0.25, 0.3) is 0 Å². The summed E-state index contributed by atoms with van der Waals surface area (Å²) in [4.78, 5) is 52.3. The van der Waals surface area contributed by atoms with E-state index < -0.39 is 167 Å². The third-order valence-corrected chi connectivity index (χ3v) is 17.4. The molecule has 4 rings (SSSR count). The van der Waals surface area contributed by atoms with E-state index in [1.807, 2.05) is 0 Å². The number of rotatable bonds is 35. The minimum atomic E-state index is -5.42. The molecule has 0 bridgehead atoms.